The smallest absolute Gasteiger partial charge is 0.193 e. The van der Waals surface area contributed by atoms with Gasteiger partial charge in [0.1, 0.15) is 0 Å². The molecule has 2 saturated heterocycles. The molecule has 0 radical (unpaired) electrons. The number of nitrogens with zero attached hydrogens (tertiary/aromatic N) is 5. The Kier molecular flexibility index (Phi) is 6.94. The maximum Gasteiger partial charge on any atom is 0.193 e. The fourth-order valence-corrected chi connectivity index (χ4v) is 4.34. The van der Waals surface area contributed by atoms with Gasteiger partial charge in [0.2, 0.25) is 0 Å². The average molecular weight is 361 g/mol. The first-order chi connectivity index (χ1) is 12.7. The molecule has 1 aromatic heterocycles. The summed E-state index contributed by atoms with van der Waals surface area (Å²) in [6.45, 7) is 8.05. The minimum absolute atomic E-state index is 0.572. The fourth-order valence-electron chi connectivity index (χ4n) is 4.34. The van der Waals surface area contributed by atoms with Crippen LogP contribution in [0.15, 0.2) is 17.4 Å². The summed E-state index contributed by atoms with van der Waals surface area (Å²) in [5.41, 5.74) is 1.35. The molecule has 2 unspecified atom stereocenters. The molecular weight excluding hydrogens is 324 g/mol. The molecule has 3 heterocycles. The van der Waals surface area contributed by atoms with E-state index < -0.39 is 0 Å². The van der Waals surface area contributed by atoms with E-state index in [0.29, 0.717) is 5.92 Å². The Bertz CT molecular complexity index is 581. The molecule has 2 aliphatic heterocycles. The Morgan fingerprint density at radius 2 is 2.15 bits per heavy atom. The molecule has 146 valence electrons. The van der Waals surface area contributed by atoms with E-state index in [9.17, 15) is 0 Å². The van der Waals surface area contributed by atoms with Crippen molar-refractivity contribution in [1.29, 1.82) is 0 Å². The Balaban J connectivity index is 1.36. The predicted octanol–water partition coefficient (Wildman–Crippen LogP) is 2.44. The van der Waals surface area contributed by atoms with E-state index in [1.165, 1.54) is 57.2 Å². The lowest BCUT2D eigenvalue weighted by atomic mass is 10.0. The lowest BCUT2D eigenvalue weighted by Crippen LogP contribution is -2.41. The number of guanidine groups is 1. The number of aryl methyl sites for hydroxylation is 1. The van der Waals surface area contributed by atoms with Gasteiger partial charge in [0.05, 0.1) is 6.20 Å². The van der Waals surface area contributed by atoms with E-state index in [1.807, 2.05) is 25.0 Å². The van der Waals surface area contributed by atoms with Crippen LogP contribution in [-0.4, -0.2) is 71.4 Å². The highest BCUT2D eigenvalue weighted by Crippen LogP contribution is 2.26. The molecule has 3 rings (SSSR count). The van der Waals surface area contributed by atoms with Crippen LogP contribution in [0, 0.1) is 0 Å². The third kappa shape index (κ3) is 5.00. The normalized spacial score (nSPS) is 25.0. The summed E-state index contributed by atoms with van der Waals surface area (Å²) in [5.74, 6) is 1.63. The molecule has 1 aromatic rings. The molecule has 6 heteroatoms. The van der Waals surface area contributed by atoms with Crippen molar-refractivity contribution in [2.45, 2.75) is 57.4 Å². The van der Waals surface area contributed by atoms with Crippen molar-refractivity contribution in [2.24, 2.45) is 12.0 Å². The van der Waals surface area contributed by atoms with E-state index >= 15 is 0 Å². The van der Waals surface area contributed by atoms with Crippen molar-refractivity contribution in [1.82, 2.24) is 24.9 Å². The Labute approximate surface area is 158 Å². The minimum Gasteiger partial charge on any atom is -0.356 e. The molecule has 2 aliphatic rings. The van der Waals surface area contributed by atoms with Gasteiger partial charge in [-0.2, -0.15) is 5.10 Å². The van der Waals surface area contributed by atoms with Crippen molar-refractivity contribution in [2.75, 3.05) is 39.8 Å². The average Bonchev–Trinajstić information content (AvgIpc) is 3.28. The quantitative estimate of drug-likeness (QED) is 0.481. The summed E-state index contributed by atoms with van der Waals surface area (Å²) in [4.78, 5) is 9.56. The maximum atomic E-state index is 4.50. The highest BCUT2D eigenvalue weighted by Gasteiger charge is 2.26. The highest BCUT2D eigenvalue weighted by atomic mass is 15.3. The molecule has 0 bridgehead atoms. The number of likely N-dealkylation sites (tertiary alicyclic amines) is 2. The Morgan fingerprint density at radius 1 is 1.27 bits per heavy atom. The number of hydrogen-bond donors (Lipinski definition) is 1. The van der Waals surface area contributed by atoms with Crippen LogP contribution in [0.3, 0.4) is 0 Å². The molecule has 26 heavy (non-hydrogen) atoms. The number of aromatic nitrogens is 2. The predicted molar refractivity (Wildman–Crippen MR) is 108 cm³/mol. The third-order valence-corrected chi connectivity index (χ3v) is 5.99. The first-order valence-electron chi connectivity index (χ1n) is 10.4. The lowest BCUT2D eigenvalue weighted by Gasteiger charge is -2.33. The van der Waals surface area contributed by atoms with Gasteiger partial charge in [-0.15, -0.1) is 0 Å². The van der Waals surface area contributed by atoms with Crippen molar-refractivity contribution in [3.8, 4) is 0 Å². The van der Waals surface area contributed by atoms with Gasteiger partial charge >= 0.3 is 0 Å². The SMILES string of the molecule is CN=C(NCCCCN1CCCCC1C)N1CCC(c2cnn(C)c2)C1. The van der Waals surface area contributed by atoms with Gasteiger partial charge in [-0.3, -0.25) is 9.67 Å². The van der Waals surface area contributed by atoms with Gasteiger partial charge in [-0.1, -0.05) is 6.42 Å². The summed E-state index contributed by atoms with van der Waals surface area (Å²) in [6, 6.07) is 0.776. The zero-order chi connectivity index (χ0) is 18.4. The second-order valence-corrected chi connectivity index (χ2v) is 7.94. The number of aliphatic imine (C=N–C) groups is 1. The molecule has 0 spiro atoms. The standard InChI is InChI=1S/C20H36N6/c1-17-8-4-6-11-25(17)12-7-5-10-22-20(21-2)26-13-9-18(16-26)19-14-23-24(3)15-19/h14-15,17-18H,4-13,16H2,1-3H3,(H,21,22). The van der Waals surface area contributed by atoms with E-state index in [2.05, 4.69) is 38.3 Å². The van der Waals surface area contributed by atoms with Crippen molar-refractivity contribution < 1.29 is 0 Å². The lowest BCUT2D eigenvalue weighted by molar-refractivity contribution is 0.158. The number of piperidine rings is 1. The zero-order valence-corrected chi connectivity index (χ0v) is 16.8. The third-order valence-electron chi connectivity index (χ3n) is 5.99. The molecule has 0 aromatic carbocycles. The molecule has 2 atom stereocenters. The highest BCUT2D eigenvalue weighted by molar-refractivity contribution is 5.80. The monoisotopic (exact) mass is 360 g/mol. The van der Waals surface area contributed by atoms with Crippen LogP contribution < -0.4 is 5.32 Å². The van der Waals surface area contributed by atoms with Gasteiger partial charge in [-0.05, 0) is 57.7 Å². The number of hydrogen-bond acceptors (Lipinski definition) is 3. The van der Waals surface area contributed by atoms with Crippen LogP contribution in [0.5, 0.6) is 0 Å². The van der Waals surface area contributed by atoms with Crippen molar-refractivity contribution in [3.63, 3.8) is 0 Å². The van der Waals surface area contributed by atoms with Gasteiger partial charge in [0.15, 0.2) is 5.96 Å². The minimum atomic E-state index is 0.572. The molecular formula is C20H36N6. The van der Waals surface area contributed by atoms with Crippen LogP contribution in [0.1, 0.15) is 56.9 Å². The van der Waals surface area contributed by atoms with Gasteiger partial charge in [-0.25, -0.2) is 0 Å². The molecule has 6 nitrogen and oxygen atoms in total. The Hall–Kier alpha value is -1.56. The van der Waals surface area contributed by atoms with Crippen LogP contribution >= 0.6 is 0 Å². The summed E-state index contributed by atoms with van der Waals surface area (Å²) < 4.78 is 1.90. The topological polar surface area (TPSA) is 48.7 Å². The first-order valence-corrected chi connectivity index (χ1v) is 10.4. The van der Waals surface area contributed by atoms with Gasteiger partial charge in [0.25, 0.3) is 0 Å². The second-order valence-electron chi connectivity index (χ2n) is 7.94. The van der Waals surface area contributed by atoms with Crippen LogP contribution in [-0.2, 0) is 7.05 Å². The second kappa shape index (κ2) is 9.40. The first kappa shape index (κ1) is 19.2. The van der Waals surface area contributed by atoms with E-state index in [0.717, 1.165) is 31.6 Å². The number of rotatable bonds is 6. The summed E-state index contributed by atoms with van der Waals surface area (Å²) in [6.07, 6.45) is 12.0. The molecule has 0 amide bonds. The van der Waals surface area contributed by atoms with E-state index in [-0.39, 0.29) is 0 Å². The molecule has 2 fully saturated rings. The van der Waals surface area contributed by atoms with Crippen LogP contribution in [0.4, 0.5) is 0 Å². The van der Waals surface area contributed by atoms with Crippen molar-refractivity contribution >= 4 is 5.96 Å². The van der Waals surface area contributed by atoms with E-state index in [4.69, 9.17) is 0 Å². The fraction of sp³-hybridized carbons (Fsp3) is 0.800. The van der Waals surface area contributed by atoms with Gasteiger partial charge in [0, 0.05) is 51.9 Å². The molecule has 1 N–H and O–H groups in total. The number of unbranched alkanes of at least 4 members (excludes halogenated alkanes) is 1. The van der Waals surface area contributed by atoms with Crippen molar-refractivity contribution in [3.05, 3.63) is 18.0 Å². The van der Waals surface area contributed by atoms with Crippen LogP contribution in [0.25, 0.3) is 0 Å². The largest absolute Gasteiger partial charge is 0.356 e. The van der Waals surface area contributed by atoms with E-state index in [1.54, 1.807) is 0 Å². The molecule has 0 aliphatic carbocycles. The summed E-state index contributed by atoms with van der Waals surface area (Å²) in [5, 5.41) is 7.89. The number of nitrogens with one attached hydrogen (secondary N) is 1. The van der Waals surface area contributed by atoms with Gasteiger partial charge < -0.3 is 15.1 Å². The summed E-state index contributed by atoms with van der Waals surface area (Å²) >= 11 is 0. The zero-order valence-electron chi connectivity index (χ0n) is 16.8. The maximum absolute atomic E-state index is 4.50. The van der Waals surface area contributed by atoms with Crippen LogP contribution in [0.2, 0.25) is 0 Å². The Morgan fingerprint density at radius 3 is 2.88 bits per heavy atom. The molecule has 0 saturated carbocycles. The summed E-state index contributed by atoms with van der Waals surface area (Å²) in [7, 11) is 3.89.